The van der Waals surface area contributed by atoms with Crippen LogP contribution in [0.3, 0.4) is 0 Å². The van der Waals surface area contributed by atoms with Gasteiger partial charge in [-0.1, -0.05) is 6.92 Å². The summed E-state index contributed by atoms with van der Waals surface area (Å²) in [6.45, 7) is 3.76. The lowest BCUT2D eigenvalue weighted by Gasteiger charge is -2.22. The lowest BCUT2D eigenvalue weighted by Crippen LogP contribution is -2.37. The molecule has 0 spiro atoms. The zero-order chi connectivity index (χ0) is 10.7. The van der Waals surface area contributed by atoms with E-state index in [0.717, 1.165) is 10.8 Å². The highest BCUT2D eigenvalue weighted by Gasteiger charge is 2.22. The fraction of sp³-hybridized carbons (Fsp3) is 0.556. The number of rotatable bonds is 4. The average molecular weight is 214 g/mol. The van der Waals surface area contributed by atoms with Gasteiger partial charge >= 0.3 is 5.97 Å². The molecule has 14 heavy (non-hydrogen) atoms. The first-order valence-corrected chi connectivity index (χ1v) is 5.32. The Morgan fingerprint density at radius 2 is 2.43 bits per heavy atom. The van der Waals surface area contributed by atoms with Crippen molar-refractivity contribution < 1.29 is 9.90 Å². The van der Waals surface area contributed by atoms with Gasteiger partial charge in [-0.3, -0.25) is 0 Å². The zero-order valence-electron chi connectivity index (χ0n) is 8.52. The molecule has 4 nitrogen and oxygen atoms in total. The normalized spacial score (nSPS) is 12.5. The van der Waals surface area contributed by atoms with Gasteiger partial charge in [-0.25, -0.2) is 9.78 Å². The van der Waals surface area contributed by atoms with Crippen LogP contribution < -0.4 is 4.90 Å². The van der Waals surface area contributed by atoms with Gasteiger partial charge in [0, 0.05) is 12.4 Å². The van der Waals surface area contributed by atoms with Gasteiger partial charge < -0.3 is 10.0 Å². The minimum absolute atomic E-state index is 0.486. The van der Waals surface area contributed by atoms with Crippen molar-refractivity contribution in [3.05, 3.63) is 11.1 Å². The number of aryl methyl sites for hydroxylation is 1. The minimum Gasteiger partial charge on any atom is -0.480 e. The quantitative estimate of drug-likeness (QED) is 0.829. The van der Waals surface area contributed by atoms with Gasteiger partial charge in [-0.05, 0) is 13.3 Å². The van der Waals surface area contributed by atoms with E-state index in [9.17, 15) is 4.79 Å². The molecule has 1 aromatic rings. The second-order valence-corrected chi connectivity index (χ2v) is 3.98. The molecule has 1 N–H and O–H groups in total. The summed E-state index contributed by atoms with van der Waals surface area (Å²) in [5, 5.41) is 11.6. The molecule has 0 saturated carbocycles. The van der Waals surface area contributed by atoms with E-state index in [0.29, 0.717) is 6.42 Å². The number of carbonyl (C=O) groups is 1. The van der Waals surface area contributed by atoms with E-state index >= 15 is 0 Å². The highest BCUT2D eigenvalue weighted by Crippen LogP contribution is 2.21. The molecule has 1 rings (SSSR count). The van der Waals surface area contributed by atoms with Crippen LogP contribution in [0, 0.1) is 6.92 Å². The van der Waals surface area contributed by atoms with Crippen molar-refractivity contribution in [2.45, 2.75) is 26.3 Å². The fourth-order valence-corrected chi connectivity index (χ4v) is 2.07. The molecule has 5 heteroatoms. The first-order valence-electron chi connectivity index (χ1n) is 4.44. The Morgan fingerprint density at radius 3 is 2.79 bits per heavy atom. The maximum atomic E-state index is 10.9. The first kappa shape index (κ1) is 11.0. The molecule has 0 saturated heterocycles. The molecule has 1 aromatic heterocycles. The van der Waals surface area contributed by atoms with Gasteiger partial charge in [0.15, 0.2) is 5.13 Å². The molecule has 0 aliphatic rings. The summed E-state index contributed by atoms with van der Waals surface area (Å²) in [5.74, 6) is -0.803. The zero-order valence-corrected chi connectivity index (χ0v) is 9.34. The Morgan fingerprint density at radius 1 is 1.79 bits per heavy atom. The van der Waals surface area contributed by atoms with E-state index in [-0.39, 0.29) is 0 Å². The topological polar surface area (TPSA) is 53.4 Å². The predicted octanol–water partition coefficient (Wildman–Crippen LogP) is 1.75. The molecule has 78 valence electrons. The number of hydrogen-bond donors (Lipinski definition) is 1. The number of hydrogen-bond acceptors (Lipinski definition) is 4. The molecule has 0 radical (unpaired) electrons. The van der Waals surface area contributed by atoms with E-state index < -0.39 is 12.0 Å². The summed E-state index contributed by atoms with van der Waals surface area (Å²) in [7, 11) is 1.76. The maximum absolute atomic E-state index is 10.9. The highest BCUT2D eigenvalue weighted by molar-refractivity contribution is 7.13. The standard InChI is InChI=1S/C9H14N2O2S/c1-4-7(8(12)13)11(3)9-10-6(2)5-14-9/h5,7H,4H2,1-3H3,(H,12,13). The van der Waals surface area contributed by atoms with Crippen molar-refractivity contribution in [2.75, 3.05) is 11.9 Å². The van der Waals surface area contributed by atoms with Crippen molar-refractivity contribution in [2.24, 2.45) is 0 Å². The molecule has 0 fully saturated rings. The second kappa shape index (κ2) is 4.41. The fourth-order valence-electron chi connectivity index (χ4n) is 1.25. The molecule has 0 amide bonds. The smallest absolute Gasteiger partial charge is 0.326 e. The van der Waals surface area contributed by atoms with E-state index in [4.69, 9.17) is 5.11 Å². The minimum atomic E-state index is -0.803. The summed E-state index contributed by atoms with van der Waals surface area (Å²) in [5.41, 5.74) is 0.928. The van der Waals surface area contributed by atoms with Gasteiger partial charge in [0.1, 0.15) is 6.04 Å². The van der Waals surface area contributed by atoms with Crippen LogP contribution in [0.25, 0.3) is 0 Å². The van der Waals surface area contributed by atoms with Crippen LogP contribution >= 0.6 is 11.3 Å². The summed E-state index contributed by atoms with van der Waals surface area (Å²) in [4.78, 5) is 16.8. The van der Waals surface area contributed by atoms with E-state index in [1.165, 1.54) is 11.3 Å². The summed E-state index contributed by atoms with van der Waals surface area (Å²) < 4.78 is 0. The molecular weight excluding hydrogens is 200 g/mol. The molecule has 0 aliphatic carbocycles. The van der Waals surface area contributed by atoms with Crippen molar-refractivity contribution in [1.82, 2.24) is 4.98 Å². The number of aliphatic carboxylic acids is 1. The van der Waals surface area contributed by atoms with Crippen LogP contribution in [-0.4, -0.2) is 29.1 Å². The van der Waals surface area contributed by atoms with Crippen LogP contribution in [0.15, 0.2) is 5.38 Å². The Bertz CT molecular complexity index is 324. The molecule has 1 heterocycles. The molecule has 1 unspecified atom stereocenters. The molecule has 1 atom stereocenters. The number of anilines is 1. The third-order valence-electron chi connectivity index (χ3n) is 2.05. The number of nitrogens with zero attached hydrogens (tertiary/aromatic N) is 2. The third-order valence-corrected chi connectivity index (χ3v) is 3.10. The van der Waals surface area contributed by atoms with Gasteiger partial charge in [-0.15, -0.1) is 11.3 Å². The Hall–Kier alpha value is -1.10. The maximum Gasteiger partial charge on any atom is 0.326 e. The highest BCUT2D eigenvalue weighted by atomic mass is 32.1. The lowest BCUT2D eigenvalue weighted by molar-refractivity contribution is -0.138. The average Bonchev–Trinajstić information content (AvgIpc) is 2.52. The van der Waals surface area contributed by atoms with Crippen molar-refractivity contribution in [3.8, 4) is 0 Å². The van der Waals surface area contributed by atoms with Gasteiger partial charge in [0.2, 0.25) is 0 Å². The van der Waals surface area contributed by atoms with Crippen LogP contribution in [0.2, 0.25) is 0 Å². The van der Waals surface area contributed by atoms with Gasteiger partial charge in [0.05, 0.1) is 5.69 Å². The Kier molecular flexibility index (Phi) is 3.46. The van der Waals surface area contributed by atoms with Crippen LogP contribution in [0.5, 0.6) is 0 Å². The second-order valence-electron chi connectivity index (χ2n) is 3.14. The van der Waals surface area contributed by atoms with Crippen LogP contribution in [0.1, 0.15) is 19.0 Å². The number of thiazole rings is 1. The van der Waals surface area contributed by atoms with E-state index in [1.54, 1.807) is 11.9 Å². The van der Waals surface area contributed by atoms with E-state index in [1.807, 2.05) is 19.2 Å². The first-order chi connectivity index (χ1) is 6.56. The van der Waals surface area contributed by atoms with Gasteiger partial charge in [-0.2, -0.15) is 0 Å². The van der Waals surface area contributed by atoms with Crippen LogP contribution in [-0.2, 0) is 4.79 Å². The SMILES string of the molecule is CCC(C(=O)O)N(C)c1nc(C)cs1. The Balaban J connectivity index is 2.82. The summed E-state index contributed by atoms with van der Waals surface area (Å²) in [6, 6.07) is -0.486. The number of carboxylic acid groups (broad SMARTS) is 1. The molecule has 0 aliphatic heterocycles. The van der Waals surface area contributed by atoms with Crippen molar-refractivity contribution >= 4 is 22.4 Å². The molecule has 0 aromatic carbocycles. The van der Waals surface area contributed by atoms with Crippen molar-refractivity contribution in [1.29, 1.82) is 0 Å². The number of aromatic nitrogens is 1. The number of carboxylic acids is 1. The predicted molar refractivity (Wildman–Crippen MR) is 57.0 cm³/mol. The summed E-state index contributed by atoms with van der Waals surface area (Å²) in [6.07, 6.45) is 0.574. The largest absolute Gasteiger partial charge is 0.480 e. The monoisotopic (exact) mass is 214 g/mol. The van der Waals surface area contributed by atoms with E-state index in [2.05, 4.69) is 4.98 Å². The summed E-state index contributed by atoms with van der Waals surface area (Å²) >= 11 is 1.47. The molecular formula is C9H14N2O2S. The lowest BCUT2D eigenvalue weighted by atomic mass is 10.2. The number of likely N-dealkylation sites (N-methyl/N-ethyl adjacent to an activating group) is 1. The van der Waals surface area contributed by atoms with Crippen LogP contribution in [0.4, 0.5) is 5.13 Å². The van der Waals surface area contributed by atoms with Gasteiger partial charge in [0.25, 0.3) is 0 Å². The molecule has 0 bridgehead atoms. The third kappa shape index (κ3) is 2.23. The van der Waals surface area contributed by atoms with Crippen molar-refractivity contribution in [3.63, 3.8) is 0 Å². The Labute approximate surface area is 87.2 Å².